The number of benzene rings is 6. The van der Waals surface area contributed by atoms with Crippen LogP contribution in [0.5, 0.6) is 80.5 Å². The number of phenolic OH excluding ortho intramolecular Hbond substituents is 2. The summed E-state index contributed by atoms with van der Waals surface area (Å²) in [5.74, 6) is 1.79. The van der Waals surface area contributed by atoms with Crippen LogP contribution in [0.15, 0.2) is 36.4 Å². The summed E-state index contributed by atoms with van der Waals surface area (Å²) >= 11 is 2.90. The van der Waals surface area contributed by atoms with Crippen molar-refractivity contribution in [3.63, 3.8) is 0 Å². The Morgan fingerprint density at radius 1 is 0.520 bits per heavy atom. The fourth-order valence-electron chi connectivity index (χ4n) is 21.0. The number of hydrogen-bond acceptors (Lipinski definition) is 34. The minimum Gasteiger partial charge on any atom is -0.504 e. The van der Waals surface area contributed by atoms with Gasteiger partial charge in [-0.1, -0.05) is 12.1 Å². The lowest BCUT2D eigenvalue weighted by atomic mass is 9.71. The number of aliphatic hydroxyl groups excluding tert-OH is 1. The van der Waals surface area contributed by atoms with Gasteiger partial charge in [-0.05, 0) is 178 Å². The molecular weight excluding hydrogens is 1630 g/mol. The fourth-order valence-corrected chi connectivity index (χ4v) is 24.4. The summed E-state index contributed by atoms with van der Waals surface area (Å²) in [4.78, 5) is 90.2. The molecule has 0 saturated carbocycles. The van der Waals surface area contributed by atoms with Gasteiger partial charge in [-0.25, -0.2) is 19.2 Å². The first-order valence-electron chi connectivity index (χ1n) is 41.0. The van der Waals surface area contributed by atoms with Gasteiger partial charge in [0.1, 0.15) is 48.2 Å². The molecule has 2 spiro atoms. The molecule has 8 bridgehead atoms. The van der Waals surface area contributed by atoms with Crippen LogP contribution in [0.4, 0.5) is 9.59 Å². The first-order chi connectivity index (χ1) is 58.5. The molecule has 0 amide bonds. The van der Waals surface area contributed by atoms with Crippen molar-refractivity contribution >= 4 is 59.7 Å². The zero-order valence-corrected chi connectivity index (χ0v) is 73.4. The summed E-state index contributed by atoms with van der Waals surface area (Å²) in [5.41, 5.74) is 6.55. The predicted octanol–water partition coefficient (Wildman–Crippen LogP) is 10.6. The molecule has 14 aliphatic rings. The van der Waals surface area contributed by atoms with Crippen LogP contribution in [0.1, 0.15) is 179 Å². The van der Waals surface area contributed by atoms with E-state index in [-0.39, 0.29) is 78.8 Å². The Hall–Kier alpha value is -10.3. The number of rotatable bonds is 8. The van der Waals surface area contributed by atoms with Gasteiger partial charge < -0.3 is 91.1 Å². The lowest BCUT2D eigenvalue weighted by Gasteiger charge is -2.62. The van der Waals surface area contributed by atoms with Gasteiger partial charge >= 0.3 is 36.2 Å². The Morgan fingerprint density at radius 3 is 1.33 bits per heavy atom. The third-order valence-corrected chi connectivity index (χ3v) is 28.8. The second kappa shape index (κ2) is 31.4. The van der Waals surface area contributed by atoms with Gasteiger partial charge in [0.15, 0.2) is 80.1 Å². The molecule has 20 rings (SSSR count). The number of carbonyl (C=O) groups is 6. The molecule has 6 aromatic carbocycles. The number of fused-ring (bicyclic) bond motifs is 18. The molecule has 14 atom stereocenters. The summed E-state index contributed by atoms with van der Waals surface area (Å²) in [6, 6.07) is 8.20. The highest BCUT2D eigenvalue weighted by molar-refractivity contribution is 7.99. The van der Waals surface area contributed by atoms with E-state index in [9.17, 15) is 44.6 Å². The lowest BCUT2D eigenvalue weighted by molar-refractivity contribution is -0.186. The van der Waals surface area contributed by atoms with Crippen LogP contribution in [0.25, 0.3) is 0 Å². The van der Waals surface area contributed by atoms with Crippen LogP contribution in [0.2, 0.25) is 0 Å². The standard InChI is InChI=1S/C45H50N4O12S.C44H51N3O13S/c1-20-12-24-13-26-27(16-46)49-28-17-56-42(52)45(25-15-29(54-8)30(14-23(25)10-11-47-45)60-43(53)61-44(4,5)6)18-62-41(35(49)34(48(26)7)31(24)36(51)37(20)55-9)33-32(28)40-39(57-19-58-40)21(2)38(33)59-22(3)50;1-19-12-23-13-25-40(50)47-26-16-55-41(51)44(24-15-27(53-8)28(14-22(24)10-11-45-44)59-42(52)60-43(4,5)6)17-61-39(33(47)32(46(25)7)29(23)34(49)35(19)54-9)31-30(26)38-37(56-18-57-38)20(2)36(31)58-21(3)48/h12,14-15,26-28,34-35,41,47,51H,10-11,13,17-19H2,1-9H3;12,14-15,25-26,32-33,39-40,45,49-50H,10-11,13,16-18H2,1-9H3/t26-,27-,28-,34+,35?,41+,45+;25-,26-,32+,33?,39+,40-,44+/m00/s1. The normalized spacial score (nSPS) is 27.3. The molecule has 32 nitrogen and oxygen atoms in total. The lowest BCUT2D eigenvalue weighted by Crippen LogP contribution is -2.70. The summed E-state index contributed by atoms with van der Waals surface area (Å²) in [7, 11) is 9.89. The van der Waals surface area contributed by atoms with E-state index in [0.717, 1.165) is 33.4 Å². The third kappa shape index (κ3) is 13.6. The van der Waals surface area contributed by atoms with Crippen LogP contribution in [-0.2, 0) is 74.9 Å². The molecule has 0 aromatic heterocycles. The molecule has 4 fully saturated rings. The molecule has 14 aliphatic heterocycles. The summed E-state index contributed by atoms with van der Waals surface area (Å²) in [6.45, 7) is 20.7. The largest absolute Gasteiger partial charge is 0.514 e. The number of aryl methyl sites for hydroxylation is 2. The van der Waals surface area contributed by atoms with E-state index in [0.29, 0.717) is 140 Å². The number of thioether (sulfide) groups is 2. The van der Waals surface area contributed by atoms with Gasteiger partial charge in [-0.15, -0.1) is 23.5 Å². The molecular formula is C89H101N7O25S2. The highest BCUT2D eigenvalue weighted by Crippen LogP contribution is 2.68. The molecule has 14 heterocycles. The number of piperazine rings is 2. The maximum Gasteiger partial charge on any atom is 0.514 e. The van der Waals surface area contributed by atoms with Crippen molar-refractivity contribution in [1.29, 1.82) is 5.26 Å². The monoisotopic (exact) mass is 1730 g/mol. The number of nitriles is 1. The number of aliphatic hydroxyl groups is 1. The van der Waals surface area contributed by atoms with Crippen molar-refractivity contribution in [1.82, 2.24) is 30.2 Å². The van der Waals surface area contributed by atoms with Crippen molar-refractivity contribution in [2.24, 2.45) is 0 Å². The molecule has 4 saturated heterocycles. The molecule has 123 heavy (non-hydrogen) atoms. The maximum absolute atomic E-state index is 15.0. The van der Waals surface area contributed by atoms with E-state index in [1.807, 2.05) is 58.8 Å². The summed E-state index contributed by atoms with van der Waals surface area (Å²) in [6.07, 6.45) is -0.991. The Morgan fingerprint density at radius 2 is 0.927 bits per heavy atom. The third-order valence-electron chi connectivity index (χ3n) is 25.8. The highest BCUT2D eigenvalue weighted by Gasteiger charge is 2.65. The zero-order chi connectivity index (χ0) is 87.6. The Balaban J connectivity index is 0.000000175. The molecule has 654 valence electrons. The molecule has 0 aliphatic carbocycles. The number of nitrogens with zero attached hydrogens (tertiary/aromatic N) is 5. The number of hydrogen-bond donors (Lipinski definition) is 5. The van der Waals surface area contributed by atoms with Crippen molar-refractivity contribution < 1.29 is 120 Å². The topological polar surface area (TPSA) is 372 Å². The van der Waals surface area contributed by atoms with Gasteiger partial charge in [0, 0.05) is 101 Å². The van der Waals surface area contributed by atoms with Gasteiger partial charge in [0.25, 0.3) is 0 Å². The van der Waals surface area contributed by atoms with Crippen molar-refractivity contribution in [2.75, 3.05) is 93.9 Å². The average molecular weight is 1730 g/mol. The van der Waals surface area contributed by atoms with Gasteiger partial charge in [0.2, 0.25) is 13.6 Å². The molecule has 2 unspecified atom stereocenters. The number of ether oxygens (including phenoxy) is 16. The molecule has 0 radical (unpaired) electrons. The number of esters is 4. The van der Waals surface area contributed by atoms with E-state index in [2.05, 4.69) is 31.4 Å². The fraction of sp³-hybridized carbons (Fsp3) is 0.517. The van der Waals surface area contributed by atoms with Gasteiger partial charge in [-0.2, -0.15) is 5.26 Å². The van der Waals surface area contributed by atoms with E-state index in [1.54, 1.807) is 65.8 Å². The van der Waals surface area contributed by atoms with Crippen LogP contribution >= 0.6 is 23.5 Å². The Bertz CT molecular complexity index is 5490. The van der Waals surface area contributed by atoms with Crippen LogP contribution in [0, 0.1) is 39.0 Å². The van der Waals surface area contributed by atoms with Crippen LogP contribution in [0.3, 0.4) is 0 Å². The predicted molar refractivity (Wildman–Crippen MR) is 443 cm³/mol. The van der Waals surface area contributed by atoms with E-state index >= 15 is 4.79 Å². The second-order valence-electron chi connectivity index (χ2n) is 35.1. The first kappa shape index (κ1) is 84.8. The number of likely N-dealkylation sites (N-methyl/N-ethyl adjacent to an activating group) is 2. The average Bonchev–Trinajstić information content (AvgIpc) is 1.60. The van der Waals surface area contributed by atoms with Gasteiger partial charge in [0.05, 0.1) is 75.2 Å². The van der Waals surface area contributed by atoms with Crippen LogP contribution in [-0.4, -0.2) is 213 Å². The Kier molecular flexibility index (Phi) is 21.7. The highest BCUT2D eigenvalue weighted by atomic mass is 32.2. The first-order valence-corrected chi connectivity index (χ1v) is 43.1. The number of carbonyl (C=O) groups excluding carboxylic acids is 6. The van der Waals surface area contributed by atoms with Crippen molar-refractivity contribution in [2.45, 2.75) is 202 Å². The molecule has 5 N–H and O–H groups in total. The number of nitrogens with one attached hydrogen (secondary N) is 2. The Labute approximate surface area is 719 Å². The van der Waals surface area contributed by atoms with Gasteiger partial charge in [-0.3, -0.25) is 39.8 Å². The van der Waals surface area contributed by atoms with E-state index < -0.39 is 124 Å². The second-order valence-corrected chi connectivity index (χ2v) is 37.4. The van der Waals surface area contributed by atoms with E-state index in [1.165, 1.54) is 65.8 Å². The summed E-state index contributed by atoms with van der Waals surface area (Å²) < 4.78 is 95.1. The quantitative estimate of drug-likeness (QED) is 0.0409. The van der Waals surface area contributed by atoms with Crippen molar-refractivity contribution in [3.05, 3.63) is 125 Å². The minimum absolute atomic E-state index is 0.0201. The summed E-state index contributed by atoms with van der Waals surface area (Å²) in [5, 5.41) is 53.9. The zero-order valence-electron chi connectivity index (χ0n) is 71.8. The number of methoxy groups -OCH3 is 4. The number of phenols is 2. The smallest absolute Gasteiger partial charge is 0.504 e. The van der Waals surface area contributed by atoms with Crippen molar-refractivity contribution in [3.8, 4) is 86.6 Å². The van der Waals surface area contributed by atoms with E-state index in [4.69, 9.17) is 75.8 Å². The van der Waals surface area contributed by atoms with Crippen LogP contribution < -0.4 is 67.5 Å². The maximum atomic E-state index is 15.0. The molecule has 34 heteroatoms. The minimum atomic E-state index is -1.45. The SMILES string of the molecule is COc1cc2c(cc1OC(=O)OC(C)(C)C)CCN[C@]21CS[C@@H]2c3c(OC(C)=O)c(C)c4c(c3[C@H](COC1=O)N1C2[C@H]2c3c(cc(C)c(OC)c3O)C[C@@H]([C@@H]1C#N)N2C)OCO4.COc1cc2c(cc1OC(=O)OC(C)(C)C)CCN[C@]21CS[C@@H]2c3c(OC(C)=O)c(C)c4c(c3[C@H](COC1=O)N1C2[C@H]2c3c(cc(C)c(OC)c3O)C[C@@H]([C@@H]1O)N2C)OCO4. The number of aromatic hydroxyl groups is 2. The molecule has 6 aromatic rings.